The van der Waals surface area contributed by atoms with E-state index < -0.39 is 24.5 Å². The largest absolute Gasteiger partial charge is 0.394 e. The summed E-state index contributed by atoms with van der Waals surface area (Å²) in [6.07, 6.45) is 1.03. The molecule has 9 heteroatoms. The molecular weight excluding hydrogens is 374 g/mol. The van der Waals surface area contributed by atoms with Gasteiger partial charge in [-0.25, -0.2) is 15.0 Å². The molecule has 0 amide bonds. The van der Waals surface area contributed by atoms with Crippen LogP contribution in [0.2, 0.25) is 0 Å². The first-order valence-electron chi connectivity index (χ1n) is 9.79. The molecule has 2 aliphatic rings. The van der Waals surface area contributed by atoms with E-state index in [1.807, 2.05) is 0 Å². The van der Waals surface area contributed by atoms with Crippen molar-refractivity contribution >= 4 is 17.0 Å². The lowest BCUT2D eigenvalue weighted by Gasteiger charge is -2.17. The average molecular weight is 397 g/mol. The average Bonchev–Trinajstić information content (AvgIpc) is 3.43. The number of aliphatic hydroxyl groups excluding tert-OH is 3. The molecule has 0 bridgehead atoms. The number of anilines is 1. The van der Waals surface area contributed by atoms with Gasteiger partial charge >= 0.3 is 0 Å². The first-order valence-corrected chi connectivity index (χ1v) is 9.79. The van der Waals surface area contributed by atoms with Crippen molar-refractivity contribution in [1.82, 2.24) is 19.5 Å². The number of imidazole rings is 1. The van der Waals surface area contributed by atoms with Gasteiger partial charge in [-0.3, -0.25) is 4.57 Å². The highest BCUT2D eigenvalue weighted by molar-refractivity contribution is 5.82. The minimum atomic E-state index is -1.19. The number of aliphatic hydroxyl groups is 3. The monoisotopic (exact) mass is 397 g/mol. The van der Waals surface area contributed by atoms with Crippen LogP contribution in [-0.2, 0) is 11.2 Å². The van der Waals surface area contributed by atoms with Crippen LogP contribution in [0, 0.1) is 0 Å². The maximum Gasteiger partial charge on any atom is 0.167 e. The van der Waals surface area contributed by atoms with Crippen LogP contribution < -0.4 is 5.32 Å². The van der Waals surface area contributed by atoms with E-state index in [-0.39, 0.29) is 6.61 Å². The van der Waals surface area contributed by atoms with Crippen LogP contribution >= 0.6 is 0 Å². The topological polar surface area (TPSA) is 126 Å². The molecule has 5 rings (SSSR count). The Kier molecular flexibility index (Phi) is 4.67. The number of rotatable bonds is 5. The van der Waals surface area contributed by atoms with Crippen LogP contribution in [0.3, 0.4) is 0 Å². The maximum atomic E-state index is 10.3. The Bertz CT molecular complexity index is 1030. The van der Waals surface area contributed by atoms with Gasteiger partial charge in [0.25, 0.3) is 0 Å². The SMILES string of the molecule is OCC1OC(n2cnc3c(NCC4CCc5ccccc54)ncnc32)C(O)C1O. The summed E-state index contributed by atoms with van der Waals surface area (Å²) in [5.74, 6) is 1.03. The zero-order valence-electron chi connectivity index (χ0n) is 15.7. The van der Waals surface area contributed by atoms with Crippen LogP contribution in [0.1, 0.15) is 29.7 Å². The number of aryl methyl sites for hydroxylation is 1. The predicted molar refractivity (Wildman–Crippen MR) is 104 cm³/mol. The van der Waals surface area contributed by atoms with Gasteiger partial charge in [0.05, 0.1) is 12.9 Å². The van der Waals surface area contributed by atoms with Gasteiger partial charge in [-0.05, 0) is 24.0 Å². The van der Waals surface area contributed by atoms with E-state index in [9.17, 15) is 15.3 Å². The highest BCUT2D eigenvalue weighted by Crippen LogP contribution is 2.34. The van der Waals surface area contributed by atoms with Crippen molar-refractivity contribution in [3.05, 3.63) is 48.0 Å². The molecule has 152 valence electrons. The number of nitrogens with one attached hydrogen (secondary N) is 1. The van der Waals surface area contributed by atoms with E-state index in [0.29, 0.717) is 22.9 Å². The molecule has 5 unspecified atom stereocenters. The van der Waals surface area contributed by atoms with E-state index in [1.165, 1.54) is 23.8 Å². The summed E-state index contributed by atoms with van der Waals surface area (Å²) in [4.78, 5) is 13.0. The number of hydrogen-bond acceptors (Lipinski definition) is 8. The molecule has 4 N–H and O–H groups in total. The lowest BCUT2D eigenvalue weighted by atomic mass is 10.0. The quantitative estimate of drug-likeness (QED) is 0.493. The third-order valence-corrected chi connectivity index (χ3v) is 5.92. The Hall–Kier alpha value is -2.59. The van der Waals surface area contributed by atoms with Crippen molar-refractivity contribution in [2.24, 2.45) is 0 Å². The second-order valence-corrected chi connectivity index (χ2v) is 7.59. The number of hydrogen-bond donors (Lipinski definition) is 4. The summed E-state index contributed by atoms with van der Waals surface area (Å²) in [5.41, 5.74) is 3.84. The fourth-order valence-corrected chi connectivity index (χ4v) is 4.35. The summed E-state index contributed by atoms with van der Waals surface area (Å²) < 4.78 is 7.17. The minimum absolute atomic E-state index is 0.383. The summed E-state index contributed by atoms with van der Waals surface area (Å²) >= 11 is 0. The molecule has 29 heavy (non-hydrogen) atoms. The first-order chi connectivity index (χ1) is 14.2. The van der Waals surface area contributed by atoms with E-state index in [2.05, 4.69) is 44.5 Å². The van der Waals surface area contributed by atoms with Crippen LogP contribution in [0.15, 0.2) is 36.9 Å². The van der Waals surface area contributed by atoms with Gasteiger partial charge in [0, 0.05) is 12.5 Å². The van der Waals surface area contributed by atoms with Gasteiger partial charge in [-0.1, -0.05) is 24.3 Å². The summed E-state index contributed by atoms with van der Waals surface area (Å²) in [6.45, 7) is 0.357. The zero-order chi connectivity index (χ0) is 20.0. The molecule has 1 saturated heterocycles. The van der Waals surface area contributed by atoms with Gasteiger partial charge < -0.3 is 25.4 Å². The molecule has 3 aromatic rings. The fraction of sp³-hybridized carbons (Fsp3) is 0.450. The summed E-state index contributed by atoms with van der Waals surface area (Å²) in [6, 6.07) is 8.51. The van der Waals surface area contributed by atoms with Crippen molar-refractivity contribution < 1.29 is 20.1 Å². The number of nitrogens with zero attached hydrogens (tertiary/aromatic N) is 4. The molecule has 1 aromatic carbocycles. The lowest BCUT2D eigenvalue weighted by molar-refractivity contribution is -0.0511. The van der Waals surface area contributed by atoms with E-state index in [1.54, 1.807) is 4.57 Å². The van der Waals surface area contributed by atoms with Crippen LogP contribution in [0.25, 0.3) is 11.2 Å². The summed E-state index contributed by atoms with van der Waals surface area (Å²) in [7, 11) is 0. The van der Waals surface area contributed by atoms with Crippen molar-refractivity contribution in [2.45, 2.75) is 43.3 Å². The molecule has 5 atom stereocenters. The zero-order valence-corrected chi connectivity index (χ0v) is 15.7. The number of fused-ring (bicyclic) bond motifs is 2. The third-order valence-electron chi connectivity index (χ3n) is 5.92. The van der Waals surface area contributed by atoms with E-state index >= 15 is 0 Å². The Morgan fingerprint density at radius 3 is 2.83 bits per heavy atom. The Balaban J connectivity index is 1.38. The minimum Gasteiger partial charge on any atom is -0.394 e. The second-order valence-electron chi connectivity index (χ2n) is 7.59. The predicted octanol–water partition coefficient (Wildman–Crippen LogP) is 0.580. The molecule has 9 nitrogen and oxygen atoms in total. The molecule has 0 spiro atoms. The van der Waals surface area contributed by atoms with Crippen molar-refractivity contribution in [2.75, 3.05) is 18.5 Å². The first kappa shape index (κ1) is 18.4. The lowest BCUT2D eigenvalue weighted by Crippen LogP contribution is -2.33. The maximum absolute atomic E-state index is 10.3. The molecular formula is C20H23N5O4. The smallest absolute Gasteiger partial charge is 0.167 e. The number of benzene rings is 1. The Morgan fingerprint density at radius 1 is 1.14 bits per heavy atom. The molecule has 1 aliphatic heterocycles. The van der Waals surface area contributed by atoms with Gasteiger partial charge in [0.15, 0.2) is 23.2 Å². The Morgan fingerprint density at radius 2 is 2.00 bits per heavy atom. The standard InChI is InChI=1S/C20H23N5O4/c26-8-14-16(27)17(28)20(29-14)25-10-24-15-18(22-9-23-19(15)25)21-7-12-6-5-11-3-1-2-4-13(11)12/h1-4,9-10,12,14,16-17,20,26-28H,5-8H2,(H,21,22,23). The second kappa shape index (κ2) is 7.34. The van der Waals surface area contributed by atoms with Crippen LogP contribution in [-0.4, -0.2) is 66.3 Å². The van der Waals surface area contributed by atoms with Crippen molar-refractivity contribution in [3.63, 3.8) is 0 Å². The molecule has 1 aliphatic carbocycles. The van der Waals surface area contributed by atoms with Gasteiger partial charge in [0.1, 0.15) is 24.6 Å². The van der Waals surface area contributed by atoms with E-state index in [4.69, 9.17) is 4.74 Å². The normalized spacial score (nSPS) is 28.7. The third kappa shape index (κ3) is 3.06. The fourth-order valence-electron chi connectivity index (χ4n) is 4.35. The summed E-state index contributed by atoms with van der Waals surface area (Å²) in [5, 5.41) is 33.0. The molecule has 0 saturated carbocycles. The van der Waals surface area contributed by atoms with Crippen molar-refractivity contribution in [3.8, 4) is 0 Å². The molecule has 3 heterocycles. The molecule has 1 fully saturated rings. The van der Waals surface area contributed by atoms with Crippen LogP contribution in [0.4, 0.5) is 5.82 Å². The number of aromatic nitrogens is 4. The van der Waals surface area contributed by atoms with E-state index in [0.717, 1.165) is 19.4 Å². The van der Waals surface area contributed by atoms with Gasteiger partial charge in [-0.15, -0.1) is 0 Å². The van der Waals surface area contributed by atoms with Crippen LogP contribution in [0.5, 0.6) is 0 Å². The van der Waals surface area contributed by atoms with Crippen molar-refractivity contribution in [1.29, 1.82) is 0 Å². The van der Waals surface area contributed by atoms with Gasteiger partial charge in [0.2, 0.25) is 0 Å². The molecule has 0 radical (unpaired) electrons. The Labute approximate surface area is 167 Å². The molecule has 2 aromatic heterocycles. The number of ether oxygens (including phenoxy) is 1. The van der Waals surface area contributed by atoms with Gasteiger partial charge in [-0.2, -0.15) is 0 Å². The highest BCUT2D eigenvalue weighted by Gasteiger charge is 2.44. The highest BCUT2D eigenvalue weighted by atomic mass is 16.6.